The van der Waals surface area contributed by atoms with Gasteiger partial charge in [-0.15, -0.1) is 9.24 Å². The third-order valence-electron chi connectivity index (χ3n) is 2.99. The van der Waals surface area contributed by atoms with Gasteiger partial charge in [0.25, 0.3) is 0 Å². The van der Waals surface area contributed by atoms with E-state index < -0.39 is 0 Å². The zero-order chi connectivity index (χ0) is 11.4. The van der Waals surface area contributed by atoms with Crippen LogP contribution in [-0.2, 0) is 0 Å². The molecule has 0 fully saturated rings. The molecule has 0 saturated carbocycles. The summed E-state index contributed by atoms with van der Waals surface area (Å²) in [5, 5.41) is 0. The lowest BCUT2D eigenvalue weighted by Crippen LogP contribution is -1.87. The van der Waals surface area contributed by atoms with Crippen LogP contribution in [0, 0.1) is 5.92 Å². The smallest absolute Gasteiger partial charge is 0.0381 e. The highest BCUT2D eigenvalue weighted by atomic mass is 31.0. The van der Waals surface area contributed by atoms with Gasteiger partial charge in [-0.1, -0.05) is 71.6 Å². The summed E-state index contributed by atoms with van der Waals surface area (Å²) in [6, 6.07) is 0. The molecule has 92 valence electrons. The van der Waals surface area contributed by atoms with Gasteiger partial charge in [0.1, 0.15) is 0 Å². The fraction of sp³-hybridized carbons (Fsp3) is 1.00. The van der Waals surface area contributed by atoms with Crippen LogP contribution in [0.4, 0.5) is 0 Å². The molecular formula is C14H31P. The lowest BCUT2D eigenvalue weighted by Gasteiger charge is -2.04. The Morgan fingerprint density at radius 1 is 0.667 bits per heavy atom. The molecule has 1 atom stereocenters. The molecule has 0 aromatic carbocycles. The fourth-order valence-corrected chi connectivity index (χ4v) is 2.22. The molecule has 0 heterocycles. The Hall–Kier alpha value is 0.430. The van der Waals surface area contributed by atoms with Crippen molar-refractivity contribution in [2.45, 2.75) is 78.1 Å². The molecular weight excluding hydrogens is 199 g/mol. The average molecular weight is 230 g/mol. The van der Waals surface area contributed by atoms with Crippen molar-refractivity contribution in [1.82, 2.24) is 0 Å². The van der Waals surface area contributed by atoms with Crippen LogP contribution in [-0.4, -0.2) is 6.16 Å². The largest absolute Gasteiger partial charge is 0.138 e. The molecule has 0 aliphatic heterocycles. The Kier molecular flexibility index (Phi) is 12.9. The average Bonchev–Trinajstić information content (AvgIpc) is 2.20. The molecule has 1 unspecified atom stereocenters. The van der Waals surface area contributed by atoms with Gasteiger partial charge in [0.2, 0.25) is 0 Å². The molecule has 0 aliphatic rings. The summed E-state index contributed by atoms with van der Waals surface area (Å²) < 4.78 is 0. The predicted octanol–water partition coefficient (Wildman–Crippen LogP) is 5.42. The van der Waals surface area contributed by atoms with E-state index in [-0.39, 0.29) is 0 Å². The summed E-state index contributed by atoms with van der Waals surface area (Å²) in [4.78, 5) is 0. The van der Waals surface area contributed by atoms with Crippen molar-refractivity contribution in [2.24, 2.45) is 5.92 Å². The van der Waals surface area contributed by atoms with E-state index in [2.05, 4.69) is 23.1 Å². The van der Waals surface area contributed by atoms with E-state index in [4.69, 9.17) is 0 Å². The van der Waals surface area contributed by atoms with Gasteiger partial charge in [-0.05, 0) is 18.5 Å². The Morgan fingerprint density at radius 2 is 1.07 bits per heavy atom. The van der Waals surface area contributed by atoms with Gasteiger partial charge in [-0.2, -0.15) is 0 Å². The summed E-state index contributed by atoms with van der Waals surface area (Å²) in [5.41, 5.74) is 0. The first-order chi connectivity index (χ1) is 7.27. The molecule has 0 rings (SSSR count). The maximum atomic E-state index is 2.81. The number of hydrogen-bond donors (Lipinski definition) is 0. The highest BCUT2D eigenvalue weighted by Crippen LogP contribution is 2.13. The van der Waals surface area contributed by atoms with Gasteiger partial charge >= 0.3 is 0 Å². The molecule has 0 bridgehead atoms. The molecule has 0 aromatic heterocycles. The van der Waals surface area contributed by atoms with Crippen LogP contribution in [0.1, 0.15) is 78.1 Å². The Balaban J connectivity index is 2.87. The molecule has 0 amide bonds. The van der Waals surface area contributed by atoms with E-state index in [0.717, 1.165) is 5.92 Å². The normalized spacial score (nSPS) is 11.2. The van der Waals surface area contributed by atoms with Gasteiger partial charge in [-0.3, -0.25) is 0 Å². The molecule has 0 spiro atoms. The second-order valence-corrected chi connectivity index (χ2v) is 5.73. The van der Waals surface area contributed by atoms with E-state index in [1.165, 1.54) is 70.4 Å². The Bertz CT molecular complexity index is 110. The summed E-state index contributed by atoms with van der Waals surface area (Å²) in [5.74, 6) is 0.900. The zero-order valence-corrected chi connectivity index (χ0v) is 12.1. The molecule has 0 aromatic rings. The molecule has 0 radical (unpaired) electrons. The van der Waals surface area contributed by atoms with Crippen molar-refractivity contribution in [3.63, 3.8) is 0 Å². The van der Waals surface area contributed by atoms with Crippen molar-refractivity contribution < 1.29 is 0 Å². The van der Waals surface area contributed by atoms with Crippen LogP contribution in [0.5, 0.6) is 0 Å². The molecule has 15 heavy (non-hydrogen) atoms. The second kappa shape index (κ2) is 12.5. The van der Waals surface area contributed by atoms with E-state index in [9.17, 15) is 0 Å². The maximum Gasteiger partial charge on any atom is -0.0381 e. The van der Waals surface area contributed by atoms with Gasteiger partial charge < -0.3 is 0 Å². The van der Waals surface area contributed by atoms with Crippen molar-refractivity contribution >= 4 is 9.24 Å². The summed E-state index contributed by atoms with van der Waals surface area (Å²) in [7, 11) is 2.81. The SMILES string of the molecule is CC(C)CCCCCCCCCCCP. The van der Waals surface area contributed by atoms with Crippen LogP contribution in [0.25, 0.3) is 0 Å². The topological polar surface area (TPSA) is 0 Å². The van der Waals surface area contributed by atoms with Crippen molar-refractivity contribution in [3.05, 3.63) is 0 Å². The van der Waals surface area contributed by atoms with E-state index >= 15 is 0 Å². The molecule has 0 saturated heterocycles. The van der Waals surface area contributed by atoms with E-state index in [0.29, 0.717) is 0 Å². The van der Waals surface area contributed by atoms with Gasteiger partial charge in [0.05, 0.1) is 0 Å². The zero-order valence-electron chi connectivity index (χ0n) is 10.9. The fourth-order valence-electron chi connectivity index (χ4n) is 1.93. The van der Waals surface area contributed by atoms with E-state index in [1.54, 1.807) is 0 Å². The maximum absolute atomic E-state index is 2.81. The monoisotopic (exact) mass is 230 g/mol. The molecule has 1 heteroatoms. The van der Waals surface area contributed by atoms with Crippen molar-refractivity contribution in [2.75, 3.05) is 6.16 Å². The minimum atomic E-state index is 0.900. The first kappa shape index (κ1) is 15.4. The van der Waals surface area contributed by atoms with Crippen LogP contribution in [0.2, 0.25) is 0 Å². The minimum absolute atomic E-state index is 0.900. The van der Waals surface area contributed by atoms with Crippen LogP contribution >= 0.6 is 9.24 Å². The third-order valence-corrected chi connectivity index (χ3v) is 3.39. The van der Waals surface area contributed by atoms with Crippen molar-refractivity contribution in [3.8, 4) is 0 Å². The third kappa shape index (κ3) is 14.4. The first-order valence-corrected chi connectivity index (χ1v) is 7.79. The summed E-state index contributed by atoms with van der Waals surface area (Å²) >= 11 is 0. The quantitative estimate of drug-likeness (QED) is 0.328. The number of hydrogen-bond acceptors (Lipinski definition) is 0. The Labute approximate surface area is 99.8 Å². The second-order valence-electron chi connectivity index (χ2n) is 5.15. The highest BCUT2D eigenvalue weighted by molar-refractivity contribution is 7.16. The Morgan fingerprint density at radius 3 is 1.47 bits per heavy atom. The minimum Gasteiger partial charge on any atom is -0.138 e. The van der Waals surface area contributed by atoms with E-state index in [1.807, 2.05) is 0 Å². The number of unbranched alkanes of at least 4 members (excludes halogenated alkanes) is 8. The number of rotatable bonds is 11. The van der Waals surface area contributed by atoms with Crippen LogP contribution in [0.15, 0.2) is 0 Å². The lowest BCUT2D eigenvalue weighted by atomic mass is 10.0. The molecule has 0 nitrogen and oxygen atoms in total. The van der Waals surface area contributed by atoms with Crippen LogP contribution in [0.3, 0.4) is 0 Å². The first-order valence-electron chi connectivity index (χ1n) is 6.97. The highest BCUT2D eigenvalue weighted by Gasteiger charge is 1.94. The lowest BCUT2D eigenvalue weighted by molar-refractivity contribution is 0.507. The summed E-state index contributed by atoms with van der Waals surface area (Å²) in [6.45, 7) is 4.65. The predicted molar refractivity (Wildman–Crippen MR) is 75.6 cm³/mol. The molecule has 0 N–H and O–H groups in total. The molecule has 0 aliphatic carbocycles. The standard InChI is InChI=1S/C14H31P/c1-14(2)12-10-8-6-4-3-5-7-9-11-13-15/h14H,3-13,15H2,1-2H3. The van der Waals surface area contributed by atoms with Gasteiger partial charge in [-0.25, -0.2) is 0 Å². The van der Waals surface area contributed by atoms with Gasteiger partial charge in [0.15, 0.2) is 0 Å². The van der Waals surface area contributed by atoms with Gasteiger partial charge in [0, 0.05) is 0 Å². The van der Waals surface area contributed by atoms with Crippen LogP contribution < -0.4 is 0 Å². The van der Waals surface area contributed by atoms with Crippen molar-refractivity contribution in [1.29, 1.82) is 0 Å². The summed E-state index contributed by atoms with van der Waals surface area (Å²) in [6.07, 6.45) is 15.8.